The van der Waals surface area contributed by atoms with Gasteiger partial charge in [-0.15, -0.1) is 17.8 Å². The highest BCUT2D eigenvalue weighted by molar-refractivity contribution is 7.07. The second-order valence-electron chi connectivity index (χ2n) is 8.39. The average Bonchev–Trinajstić information content (AvgIpc) is 3.21. The Labute approximate surface area is 224 Å². The summed E-state index contributed by atoms with van der Waals surface area (Å²) in [4.78, 5) is 53.0. The third-order valence-corrected chi connectivity index (χ3v) is 6.96. The van der Waals surface area contributed by atoms with Crippen LogP contribution in [0.4, 0.5) is 11.4 Å². The number of rotatable bonds is 8. The van der Waals surface area contributed by atoms with Crippen molar-refractivity contribution in [3.05, 3.63) is 43.8 Å². The Morgan fingerprint density at radius 1 is 1.18 bits per heavy atom. The van der Waals surface area contributed by atoms with E-state index in [9.17, 15) is 24.4 Å². The van der Waals surface area contributed by atoms with Crippen LogP contribution in [0.5, 0.6) is 0 Å². The van der Waals surface area contributed by atoms with Crippen molar-refractivity contribution < 1.29 is 14.4 Å². The number of terminal acetylenes is 1. The number of piperazine rings is 1. The SMILES string of the molecule is C#CCNC(=O)/C(C#N)=c1\s/c(=C/Nc2cccc(NC(=O)CN3CCN(C(C)=O)CC3)c2)c(=O)n1CC. The smallest absolute Gasteiger partial charge is 0.270 e. The van der Waals surface area contributed by atoms with Crippen molar-refractivity contribution >= 4 is 52.2 Å². The predicted molar refractivity (Wildman–Crippen MR) is 146 cm³/mol. The summed E-state index contributed by atoms with van der Waals surface area (Å²) >= 11 is 1.02. The fourth-order valence-corrected chi connectivity index (χ4v) is 4.95. The van der Waals surface area contributed by atoms with Gasteiger partial charge in [-0.25, -0.2) is 0 Å². The topological polar surface area (TPSA) is 140 Å². The number of hydrogen-bond donors (Lipinski definition) is 3. The van der Waals surface area contributed by atoms with E-state index in [2.05, 4.69) is 21.9 Å². The summed E-state index contributed by atoms with van der Waals surface area (Å²) in [6.07, 6.45) is 6.68. The second kappa shape index (κ2) is 13.2. The van der Waals surface area contributed by atoms with E-state index < -0.39 is 5.91 Å². The molecule has 1 fully saturated rings. The minimum absolute atomic E-state index is 0.0321. The first-order chi connectivity index (χ1) is 18.3. The number of nitrogens with one attached hydrogen (secondary N) is 3. The van der Waals surface area contributed by atoms with E-state index in [1.165, 1.54) is 10.8 Å². The first-order valence-corrected chi connectivity index (χ1v) is 12.8. The van der Waals surface area contributed by atoms with Crippen molar-refractivity contribution in [2.45, 2.75) is 20.4 Å². The number of nitrogens with zero attached hydrogens (tertiary/aromatic N) is 4. The van der Waals surface area contributed by atoms with Gasteiger partial charge in [0.25, 0.3) is 11.5 Å². The lowest BCUT2D eigenvalue weighted by molar-refractivity contribution is -0.130. The lowest BCUT2D eigenvalue weighted by Crippen LogP contribution is -2.49. The highest BCUT2D eigenvalue weighted by atomic mass is 32.1. The van der Waals surface area contributed by atoms with Gasteiger partial charge < -0.3 is 20.9 Å². The summed E-state index contributed by atoms with van der Waals surface area (Å²) in [5, 5.41) is 17.9. The van der Waals surface area contributed by atoms with E-state index in [0.29, 0.717) is 42.1 Å². The number of carbonyl (C=O) groups excluding carboxylic acids is 3. The van der Waals surface area contributed by atoms with Crippen molar-refractivity contribution in [1.29, 1.82) is 5.26 Å². The molecular weight excluding hydrogens is 506 g/mol. The van der Waals surface area contributed by atoms with Crippen LogP contribution in [0.2, 0.25) is 0 Å². The van der Waals surface area contributed by atoms with Crippen molar-refractivity contribution in [2.24, 2.45) is 0 Å². The maximum atomic E-state index is 12.9. The number of amides is 3. The predicted octanol–water partition coefficient (Wildman–Crippen LogP) is -0.694. The van der Waals surface area contributed by atoms with E-state index in [-0.39, 0.29) is 47.2 Å². The van der Waals surface area contributed by atoms with Crippen molar-refractivity contribution in [1.82, 2.24) is 19.7 Å². The lowest BCUT2D eigenvalue weighted by Gasteiger charge is -2.33. The Bertz CT molecular complexity index is 1470. The molecule has 3 amide bonds. The third kappa shape index (κ3) is 7.09. The fourth-order valence-electron chi connectivity index (χ4n) is 3.87. The van der Waals surface area contributed by atoms with Gasteiger partial charge in [0.15, 0.2) is 5.57 Å². The molecule has 3 rings (SSSR count). The Balaban J connectivity index is 1.73. The van der Waals surface area contributed by atoms with Crippen LogP contribution in [0.15, 0.2) is 29.1 Å². The van der Waals surface area contributed by atoms with Crippen LogP contribution in [-0.2, 0) is 20.9 Å². The van der Waals surface area contributed by atoms with Crippen molar-refractivity contribution in [2.75, 3.05) is 49.9 Å². The van der Waals surface area contributed by atoms with E-state index in [4.69, 9.17) is 6.42 Å². The Morgan fingerprint density at radius 2 is 1.89 bits per heavy atom. The molecule has 0 unspecified atom stereocenters. The fraction of sp³-hybridized carbons (Fsp3) is 0.346. The van der Waals surface area contributed by atoms with Crippen LogP contribution in [0.25, 0.3) is 11.8 Å². The van der Waals surface area contributed by atoms with Gasteiger partial charge in [0, 0.05) is 57.2 Å². The minimum Gasteiger partial charge on any atom is -0.360 e. The van der Waals surface area contributed by atoms with E-state index in [1.54, 1.807) is 43.0 Å². The molecule has 1 aromatic carbocycles. The number of aromatic nitrogens is 1. The maximum Gasteiger partial charge on any atom is 0.270 e. The summed E-state index contributed by atoms with van der Waals surface area (Å²) in [5.41, 5.74) is 0.688. The van der Waals surface area contributed by atoms with Crippen LogP contribution >= 0.6 is 11.3 Å². The quantitative estimate of drug-likeness (QED) is 0.380. The zero-order valence-corrected chi connectivity index (χ0v) is 22.1. The molecule has 0 aliphatic carbocycles. The van der Waals surface area contributed by atoms with Crippen LogP contribution in [0.3, 0.4) is 0 Å². The summed E-state index contributed by atoms with van der Waals surface area (Å²) in [6.45, 7) is 6.23. The standard InChI is InChI=1S/C26H29N7O4S/c1-4-9-28-24(36)21(15-27)26-33(5-2)25(37)22(38-26)16-29-19-7-6-8-20(14-19)30-23(35)17-31-10-12-32(13-11-31)18(3)34/h1,6-8,14,16,29H,5,9-13,17H2,2-3H3,(H,28,36)(H,30,35)/b22-16+,26-21-. The summed E-state index contributed by atoms with van der Waals surface area (Å²) in [6, 6.07) is 8.90. The molecule has 0 spiro atoms. The molecule has 1 saturated heterocycles. The highest BCUT2D eigenvalue weighted by Crippen LogP contribution is 2.15. The second-order valence-corrected chi connectivity index (χ2v) is 9.43. The van der Waals surface area contributed by atoms with Crippen LogP contribution < -0.4 is 30.7 Å². The molecular formula is C26H29N7O4S. The van der Waals surface area contributed by atoms with Gasteiger partial charge in [-0.1, -0.05) is 12.0 Å². The maximum absolute atomic E-state index is 12.9. The van der Waals surface area contributed by atoms with Gasteiger partial charge in [0.1, 0.15) is 15.3 Å². The number of benzene rings is 1. The van der Waals surface area contributed by atoms with Gasteiger partial charge in [-0.05, 0) is 25.1 Å². The van der Waals surface area contributed by atoms with Crippen LogP contribution in [0.1, 0.15) is 13.8 Å². The first-order valence-electron chi connectivity index (χ1n) is 12.0. The summed E-state index contributed by atoms with van der Waals surface area (Å²) in [7, 11) is 0. The van der Waals surface area contributed by atoms with Crippen LogP contribution in [0, 0.1) is 23.7 Å². The molecule has 0 bridgehead atoms. The third-order valence-electron chi connectivity index (χ3n) is 5.83. The molecule has 1 aromatic heterocycles. The number of carbonyl (C=O) groups is 3. The van der Waals surface area contributed by atoms with Crippen molar-refractivity contribution in [3.8, 4) is 18.4 Å². The first kappa shape index (κ1) is 28.2. The monoisotopic (exact) mass is 535 g/mol. The summed E-state index contributed by atoms with van der Waals surface area (Å²) < 4.78 is 1.91. The van der Waals surface area contributed by atoms with Gasteiger partial charge in [-0.2, -0.15) is 5.26 Å². The molecule has 1 aliphatic heterocycles. The van der Waals surface area contributed by atoms with Crippen molar-refractivity contribution in [3.63, 3.8) is 0 Å². The Kier molecular flexibility index (Phi) is 9.82. The molecule has 2 heterocycles. The van der Waals surface area contributed by atoms with E-state index in [1.807, 2.05) is 11.0 Å². The zero-order chi connectivity index (χ0) is 27.7. The number of nitriles is 1. The van der Waals surface area contributed by atoms with Gasteiger partial charge in [0.2, 0.25) is 11.8 Å². The Hall–Kier alpha value is -4.39. The zero-order valence-electron chi connectivity index (χ0n) is 21.2. The molecule has 12 heteroatoms. The molecule has 38 heavy (non-hydrogen) atoms. The average molecular weight is 536 g/mol. The van der Waals surface area contributed by atoms with Crippen LogP contribution in [-0.4, -0.2) is 71.4 Å². The molecule has 3 N–H and O–H groups in total. The molecule has 0 saturated carbocycles. The molecule has 2 aromatic rings. The number of hydrogen-bond acceptors (Lipinski definition) is 8. The molecule has 0 atom stereocenters. The highest BCUT2D eigenvalue weighted by Gasteiger charge is 2.20. The molecule has 11 nitrogen and oxygen atoms in total. The number of thiazole rings is 1. The van der Waals surface area contributed by atoms with Gasteiger partial charge >= 0.3 is 0 Å². The largest absolute Gasteiger partial charge is 0.360 e. The number of anilines is 2. The Morgan fingerprint density at radius 3 is 2.53 bits per heavy atom. The van der Waals surface area contributed by atoms with E-state index in [0.717, 1.165) is 11.3 Å². The van der Waals surface area contributed by atoms with Gasteiger partial charge in [-0.3, -0.25) is 28.6 Å². The van der Waals surface area contributed by atoms with Gasteiger partial charge in [0.05, 0.1) is 13.1 Å². The molecule has 0 radical (unpaired) electrons. The normalized spacial score (nSPS) is 14.7. The minimum atomic E-state index is -0.641. The molecule has 198 valence electrons. The lowest BCUT2D eigenvalue weighted by atomic mass is 10.2. The molecule has 1 aliphatic rings. The van der Waals surface area contributed by atoms with E-state index >= 15 is 0 Å². The summed E-state index contributed by atoms with van der Waals surface area (Å²) in [5.74, 6) is 1.51.